The van der Waals surface area contributed by atoms with Gasteiger partial charge >= 0.3 is 30.2 Å². The Bertz CT molecular complexity index is 2120. The molecule has 1 amide bonds. The minimum atomic E-state index is -2.44. The summed E-state index contributed by atoms with van der Waals surface area (Å²) >= 11 is 0. The van der Waals surface area contributed by atoms with Crippen molar-refractivity contribution in [2.75, 3.05) is 13.7 Å². The van der Waals surface area contributed by atoms with Gasteiger partial charge in [-0.15, -0.1) is 0 Å². The van der Waals surface area contributed by atoms with Gasteiger partial charge in [0, 0.05) is 25.2 Å². The van der Waals surface area contributed by atoms with E-state index in [1.54, 1.807) is 69.3 Å². The summed E-state index contributed by atoms with van der Waals surface area (Å²) in [4.78, 5) is 83.1. The van der Waals surface area contributed by atoms with Gasteiger partial charge in [0.2, 0.25) is 0 Å². The number of esters is 3. The summed E-state index contributed by atoms with van der Waals surface area (Å²) in [5.41, 5.74) is -8.64. The second-order valence-corrected chi connectivity index (χ2v) is 18.1. The number of hydrogen-bond acceptors (Lipinski definition) is 16. The Morgan fingerprint density at radius 2 is 1.55 bits per heavy atom. The van der Waals surface area contributed by atoms with E-state index in [9.17, 15) is 39.3 Å². The topological polar surface area (TPSA) is 240 Å². The van der Waals surface area contributed by atoms with Crippen molar-refractivity contribution in [3.63, 3.8) is 0 Å². The molecule has 1 heterocycles. The van der Waals surface area contributed by atoms with E-state index in [2.05, 4.69) is 5.32 Å². The second kappa shape index (κ2) is 16.7. The monoisotopic (exact) mass is 865 g/mol. The summed E-state index contributed by atoms with van der Waals surface area (Å²) in [7, 11) is 1.02. The first kappa shape index (κ1) is 46.2. The number of hydrogen-bond donors (Lipinski definition) is 4. The molecule has 2 saturated carbocycles. The van der Waals surface area contributed by atoms with Crippen LogP contribution in [0.3, 0.4) is 0 Å². The van der Waals surface area contributed by atoms with Gasteiger partial charge in [-0.25, -0.2) is 19.2 Å². The third-order valence-electron chi connectivity index (χ3n) is 12.9. The Morgan fingerprint density at radius 3 is 2.10 bits per heavy atom. The molecule has 0 aromatic heterocycles. The van der Waals surface area contributed by atoms with Gasteiger partial charge in [0.05, 0.1) is 42.8 Å². The highest BCUT2D eigenvalue weighted by Crippen LogP contribution is 2.64. The SMILES string of the molecule is COC(=O)O[C@H]1C(=O)[C@@]2(C)C([C@H](OC(=O)c3ccccc3)[C@]3(O)C[C@H](OC(=O)[C@H](O)[C@@H](NC(=O)OC(C)(C)C)c4ccccc4)C(C)=C1C3(C)C)[C@]1(OC(C)=O)CO[C@@H]1C[C@@H]2O. The highest BCUT2D eigenvalue weighted by atomic mass is 16.7. The molecule has 4 aliphatic rings. The van der Waals surface area contributed by atoms with Crippen LogP contribution in [0.1, 0.15) is 90.2 Å². The molecule has 2 aromatic rings. The molecule has 336 valence electrons. The predicted molar refractivity (Wildman–Crippen MR) is 215 cm³/mol. The lowest BCUT2D eigenvalue weighted by atomic mass is 9.44. The van der Waals surface area contributed by atoms with Crippen LogP contribution >= 0.6 is 0 Å². The number of fused-ring (bicyclic) bond motifs is 5. The fourth-order valence-corrected chi connectivity index (χ4v) is 9.78. The molecular weight excluding hydrogens is 810 g/mol. The van der Waals surface area contributed by atoms with Crippen LogP contribution in [0.2, 0.25) is 0 Å². The number of rotatable bonds is 9. The molecule has 6 rings (SSSR count). The maximum Gasteiger partial charge on any atom is 0.509 e. The van der Waals surface area contributed by atoms with Crippen molar-refractivity contribution in [1.82, 2.24) is 5.32 Å². The summed E-state index contributed by atoms with van der Waals surface area (Å²) in [5.74, 6) is -5.57. The highest BCUT2D eigenvalue weighted by molar-refractivity contribution is 5.95. The van der Waals surface area contributed by atoms with Gasteiger partial charge in [0.25, 0.3) is 0 Å². The summed E-state index contributed by atoms with van der Waals surface area (Å²) in [6, 6.07) is 14.4. The number of carbonyl (C=O) groups is 6. The van der Waals surface area contributed by atoms with E-state index in [0.717, 1.165) is 14.0 Å². The van der Waals surface area contributed by atoms with E-state index >= 15 is 4.79 Å². The van der Waals surface area contributed by atoms with Gasteiger partial charge in [0.1, 0.15) is 29.5 Å². The molecule has 17 heteroatoms. The van der Waals surface area contributed by atoms with Crippen molar-refractivity contribution in [2.45, 2.75) is 128 Å². The first-order chi connectivity index (χ1) is 28.9. The number of ketones is 1. The third-order valence-corrected chi connectivity index (χ3v) is 12.9. The van der Waals surface area contributed by atoms with E-state index in [1.165, 1.54) is 39.8 Å². The standard InChI is InChI=1S/C45H55NO16/c1-23-27(58-38(52)32(49)31(25-16-12-10-13-17-25)46-39(53)62-41(3,4)5)21-45(55)36(60-37(51)26-18-14-11-15-19-26)34-43(8,28(48)20-29-44(34,22-57-29)61-24(2)47)35(50)33(59-40(54)56-9)30(23)42(45,6)7/h10-19,27-29,31-34,36,48-49,55H,20-22H2,1-9H3,(H,46,53)/t27-,28-,29+,31-,32+,33+,34?,36-,43+,44-,45+/m0/s1. The number of carbonyl (C=O) groups excluding carboxylic acids is 6. The van der Waals surface area contributed by atoms with Crippen molar-refractivity contribution in [1.29, 1.82) is 0 Å². The summed E-state index contributed by atoms with van der Waals surface area (Å²) in [5, 5.41) is 40.0. The molecule has 62 heavy (non-hydrogen) atoms. The molecule has 3 fully saturated rings. The fourth-order valence-electron chi connectivity index (χ4n) is 9.78. The Balaban J connectivity index is 1.55. The number of methoxy groups -OCH3 is 1. The van der Waals surface area contributed by atoms with Crippen molar-refractivity contribution in [3.05, 3.63) is 82.9 Å². The molecule has 0 radical (unpaired) electrons. The minimum Gasteiger partial charge on any atom is -0.456 e. The number of aliphatic hydroxyl groups excluding tert-OH is 2. The van der Waals surface area contributed by atoms with E-state index in [-0.39, 0.29) is 29.7 Å². The Labute approximate surface area is 359 Å². The largest absolute Gasteiger partial charge is 0.509 e. The number of amides is 1. The molecule has 4 N–H and O–H groups in total. The number of benzene rings is 2. The summed E-state index contributed by atoms with van der Waals surface area (Å²) < 4.78 is 40.3. The predicted octanol–water partition coefficient (Wildman–Crippen LogP) is 4.05. The lowest BCUT2D eigenvalue weighted by Gasteiger charge is -2.67. The smallest absolute Gasteiger partial charge is 0.456 e. The van der Waals surface area contributed by atoms with Crippen LogP contribution in [0, 0.1) is 16.7 Å². The number of alkyl carbamates (subject to hydrolysis) is 1. The minimum absolute atomic E-state index is 0.0495. The van der Waals surface area contributed by atoms with Crippen LogP contribution in [0.25, 0.3) is 0 Å². The third kappa shape index (κ3) is 7.95. The molecule has 2 bridgehead atoms. The van der Waals surface area contributed by atoms with Crippen LogP contribution in [-0.2, 0) is 47.5 Å². The lowest BCUT2D eigenvalue weighted by molar-refractivity contribution is -0.346. The van der Waals surface area contributed by atoms with Gasteiger partial charge in [-0.1, -0.05) is 62.4 Å². The zero-order valence-electron chi connectivity index (χ0n) is 36.2. The summed E-state index contributed by atoms with van der Waals surface area (Å²) in [6.07, 6.45) is -13.2. The lowest BCUT2D eigenvalue weighted by Crippen LogP contribution is -2.82. The first-order valence-electron chi connectivity index (χ1n) is 20.3. The van der Waals surface area contributed by atoms with Crippen molar-refractivity contribution in [2.24, 2.45) is 16.7 Å². The molecule has 0 spiro atoms. The van der Waals surface area contributed by atoms with Crippen LogP contribution < -0.4 is 5.32 Å². The molecule has 1 saturated heterocycles. The maximum absolute atomic E-state index is 15.5. The van der Waals surface area contributed by atoms with Crippen LogP contribution in [0.15, 0.2) is 71.8 Å². The van der Waals surface area contributed by atoms with Crippen molar-refractivity contribution < 1.29 is 77.2 Å². The zero-order valence-corrected chi connectivity index (χ0v) is 36.2. The van der Waals surface area contributed by atoms with E-state index in [4.69, 9.17) is 33.2 Å². The Morgan fingerprint density at radius 1 is 0.935 bits per heavy atom. The number of aliphatic hydroxyl groups is 3. The van der Waals surface area contributed by atoms with Crippen LogP contribution in [0.5, 0.6) is 0 Å². The van der Waals surface area contributed by atoms with Gasteiger partial charge in [0.15, 0.2) is 23.6 Å². The zero-order chi connectivity index (χ0) is 45.7. The normalized spacial score (nSPS) is 32.1. The van der Waals surface area contributed by atoms with Crippen molar-refractivity contribution in [3.8, 4) is 0 Å². The van der Waals surface area contributed by atoms with E-state index in [1.807, 2.05) is 0 Å². The molecule has 11 atom stereocenters. The van der Waals surface area contributed by atoms with Gasteiger partial charge in [-0.3, -0.25) is 9.59 Å². The average molecular weight is 866 g/mol. The van der Waals surface area contributed by atoms with E-state index < -0.39 is 119 Å². The Kier molecular flexibility index (Phi) is 12.5. The molecule has 2 aromatic carbocycles. The van der Waals surface area contributed by atoms with Gasteiger partial charge in [-0.2, -0.15) is 0 Å². The number of nitrogens with one attached hydrogen (secondary N) is 1. The quantitative estimate of drug-likeness (QED) is 0.158. The van der Waals surface area contributed by atoms with Gasteiger partial charge < -0.3 is 53.8 Å². The van der Waals surface area contributed by atoms with Crippen molar-refractivity contribution >= 4 is 35.9 Å². The van der Waals surface area contributed by atoms with Crippen LogP contribution in [0.4, 0.5) is 9.59 Å². The molecule has 3 aliphatic carbocycles. The number of Topliss-reactive ketones (excluding diaryl/α,β-unsaturated/α-hetero) is 1. The second-order valence-electron chi connectivity index (χ2n) is 18.1. The molecule has 1 aliphatic heterocycles. The number of ether oxygens (including phenoxy) is 7. The summed E-state index contributed by atoms with van der Waals surface area (Å²) in [6.45, 7) is 11.6. The highest BCUT2D eigenvalue weighted by Gasteiger charge is 2.78. The maximum atomic E-state index is 15.5. The molecule has 17 nitrogen and oxygen atoms in total. The van der Waals surface area contributed by atoms with E-state index in [0.29, 0.717) is 5.56 Å². The first-order valence-corrected chi connectivity index (χ1v) is 20.3. The van der Waals surface area contributed by atoms with Crippen LogP contribution in [-0.4, -0.2) is 118 Å². The average Bonchev–Trinajstić information content (AvgIpc) is 3.20. The van der Waals surface area contributed by atoms with Gasteiger partial charge in [-0.05, 0) is 63.5 Å². The molecule has 1 unspecified atom stereocenters. The Hall–Kier alpha value is -5.36. The fraction of sp³-hybridized carbons (Fsp3) is 0.556. The molecular formula is C45H55NO16.